The molecular formula is C56H38S3. The molecule has 0 aliphatic rings. The summed E-state index contributed by atoms with van der Waals surface area (Å²) in [4.78, 5) is 5.13. The quantitative estimate of drug-likeness (QED) is 0.109. The van der Waals surface area contributed by atoms with E-state index in [2.05, 4.69) is 219 Å². The molecule has 0 N–H and O–H groups in total. The van der Waals surface area contributed by atoms with Crippen LogP contribution in [0.5, 0.6) is 0 Å². The van der Waals surface area contributed by atoms with Crippen LogP contribution in [-0.2, 0) is 0 Å². The Bertz CT molecular complexity index is 3130. The average molecular weight is 807 g/mol. The SMILES string of the molecule is S/C=C\C=C\c1ccc(-c2c(-c3ccc(-c4ccc(-c5ccc(-c6ccc7ccccc7c6)s5)s4)cc3)c(-c3ccccc3)c3ccccc3c2-c2ccccc2)cc1. The molecule has 0 aliphatic carbocycles. The van der Waals surface area contributed by atoms with Crippen molar-refractivity contribution >= 4 is 62.9 Å². The van der Waals surface area contributed by atoms with E-state index in [4.69, 9.17) is 0 Å². The number of rotatable bonds is 9. The van der Waals surface area contributed by atoms with Crippen molar-refractivity contribution in [3.05, 3.63) is 223 Å². The lowest BCUT2D eigenvalue weighted by molar-refractivity contribution is 1.56. The lowest BCUT2D eigenvalue weighted by Gasteiger charge is -2.24. The van der Waals surface area contributed by atoms with Gasteiger partial charge >= 0.3 is 0 Å². The third-order valence-corrected chi connectivity index (χ3v) is 13.6. The third kappa shape index (κ3) is 7.30. The van der Waals surface area contributed by atoms with E-state index >= 15 is 0 Å². The summed E-state index contributed by atoms with van der Waals surface area (Å²) in [6.45, 7) is 0. The molecule has 0 amide bonds. The van der Waals surface area contributed by atoms with E-state index in [0.29, 0.717) is 0 Å². The Balaban J connectivity index is 1.10. The van der Waals surface area contributed by atoms with Gasteiger partial charge in [-0.1, -0.05) is 188 Å². The van der Waals surface area contributed by atoms with Crippen molar-refractivity contribution in [1.29, 1.82) is 0 Å². The first-order valence-electron chi connectivity index (χ1n) is 19.8. The topological polar surface area (TPSA) is 0 Å². The Labute approximate surface area is 359 Å². The average Bonchev–Trinajstić information content (AvgIpc) is 4.01. The summed E-state index contributed by atoms with van der Waals surface area (Å²) in [5.74, 6) is 0. The van der Waals surface area contributed by atoms with Gasteiger partial charge in [0.1, 0.15) is 0 Å². The van der Waals surface area contributed by atoms with Crippen molar-refractivity contribution in [1.82, 2.24) is 0 Å². The van der Waals surface area contributed by atoms with Gasteiger partial charge in [-0.2, -0.15) is 12.6 Å². The van der Waals surface area contributed by atoms with Crippen molar-refractivity contribution < 1.29 is 0 Å². The number of hydrogen-bond donors (Lipinski definition) is 1. The lowest BCUT2D eigenvalue weighted by Crippen LogP contribution is -1.97. The predicted molar refractivity (Wildman–Crippen MR) is 262 cm³/mol. The maximum absolute atomic E-state index is 4.22. The highest BCUT2D eigenvalue weighted by molar-refractivity contribution is 7.83. The van der Waals surface area contributed by atoms with Crippen molar-refractivity contribution in [2.75, 3.05) is 0 Å². The zero-order valence-corrected chi connectivity index (χ0v) is 34.7. The number of benzene rings is 8. The first-order chi connectivity index (χ1) is 29.2. The van der Waals surface area contributed by atoms with Gasteiger partial charge in [-0.05, 0) is 118 Å². The normalized spacial score (nSPS) is 11.7. The van der Waals surface area contributed by atoms with Gasteiger partial charge < -0.3 is 0 Å². The smallest absolute Gasteiger partial charge is 0.0449 e. The highest BCUT2D eigenvalue weighted by atomic mass is 32.1. The Hall–Kier alpha value is -6.49. The van der Waals surface area contributed by atoms with Crippen LogP contribution >= 0.6 is 35.3 Å². The van der Waals surface area contributed by atoms with Gasteiger partial charge in [-0.15, -0.1) is 22.7 Å². The van der Waals surface area contributed by atoms with Gasteiger partial charge in [-0.3, -0.25) is 0 Å². The van der Waals surface area contributed by atoms with Crippen LogP contribution in [0.1, 0.15) is 5.56 Å². The van der Waals surface area contributed by atoms with Crippen LogP contribution in [0, 0.1) is 0 Å². The minimum Gasteiger partial charge on any atom is -0.151 e. The first kappa shape index (κ1) is 36.8. The molecule has 59 heavy (non-hydrogen) atoms. The van der Waals surface area contributed by atoms with Crippen LogP contribution in [0.15, 0.2) is 218 Å². The van der Waals surface area contributed by atoms with Crippen LogP contribution in [0.25, 0.3) is 103 Å². The zero-order valence-electron chi connectivity index (χ0n) is 32.1. The van der Waals surface area contributed by atoms with Gasteiger partial charge in [0.05, 0.1) is 0 Å². The Morgan fingerprint density at radius 1 is 0.322 bits per heavy atom. The fourth-order valence-electron chi connectivity index (χ4n) is 8.20. The molecule has 0 atom stereocenters. The third-order valence-electron chi connectivity index (χ3n) is 11.0. The van der Waals surface area contributed by atoms with Gasteiger partial charge in [0.15, 0.2) is 0 Å². The second-order valence-corrected chi connectivity index (χ2v) is 17.0. The number of thiol groups is 1. The molecule has 2 aromatic heterocycles. The highest BCUT2D eigenvalue weighted by Crippen LogP contribution is 2.51. The van der Waals surface area contributed by atoms with Gasteiger partial charge in [-0.25, -0.2) is 0 Å². The zero-order chi connectivity index (χ0) is 39.5. The van der Waals surface area contributed by atoms with Gasteiger partial charge in [0.25, 0.3) is 0 Å². The van der Waals surface area contributed by atoms with Crippen LogP contribution in [0.3, 0.4) is 0 Å². The molecule has 0 aliphatic heterocycles. The fourth-order valence-corrected chi connectivity index (χ4v) is 10.4. The van der Waals surface area contributed by atoms with E-state index in [-0.39, 0.29) is 0 Å². The van der Waals surface area contributed by atoms with Crippen LogP contribution in [0.4, 0.5) is 0 Å². The minimum atomic E-state index is 1.14. The standard InChI is InChI=1S/C56H38S3/c57-36-12-11-13-38-22-24-43(25-23-38)55-53(41-15-3-1-4-16-41)47-20-9-10-21-48(47)54(42-17-5-2-6-18-42)56(55)44-29-27-40(28-30-44)49-32-34-51(58-49)52-35-33-50(59-52)46-31-26-39-14-7-8-19-45(39)37-46/h1-37,57H/b13-11+,36-12-. The predicted octanol–water partition coefficient (Wildman–Crippen LogP) is 17.2. The molecular weight excluding hydrogens is 769 g/mol. The summed E-state index contributed by atoms with van der Waals surface area (Å²) in [5, 5.41) is 6.76. The first-order valence-corrected chi connectivity index (χ1v) is 21.9. The summed E-state index contributed by atoms with van der Waals surface area (Å²) in [6.07, 6.45) is 6.07. The molecule has 2 heterocycles. The van der Waals surface area contributed by atoms with E-state index in [1.807, 2.05) is 34.8 Å². The molecule has 0 unspecified atom stereocenters. The second-order valence-electron chi connectivity index (χ2n) is 14.6. The van der Waals surface area contributed by atoms with E-state index in [1.165, 1.54) is 96.7 Å². The monoisotopic (exact) mass is 806 g/mol. The molecule has 0 spiro atoms. The molecule has 0 saturated carbocycles. The minimum absolute atomic E-state index is 1.14. The van der Waals surface area contributed by atoms with Gasteiger partial charge in [0.2, 0.25) is 0 Å². The van der Waals surface area contributed by atoms with Crippen molar-refractivity contribution in [3.8, 4) is 75.1 Å². The Kier molecular flexibility index (Phi) is 10.2. The van der Waals surface area contributed by atoms with Crippen molar-refractivity contribution in [2.45, 2.75) is 0 Å². The second kappa shape index (κ2) is 16.4. The largest absolute Gasteiger partial charge is 0.151 e. The Morgan fingerprint density at radius 3 is 1.34 bits per heavy atom. The van der Waals surface area contributed by atoms with Crippen LogP contribution in [-0.4, -0.2) is 0 Å². The molecule has 280 valence electrons. The molecule has 0 fully saturated rings. The van der Waals surface area contributed by atoms with Crippen LogP contribution in [0.2, 0.25) is 0 Å². The molecule has 0 nitrogen and oxygen atoms in total. The highest BCUT2D eigenvalue weighted by Gasteiger charge is 2.24. The van der Waals surface area contributed by atoms with Gasteiger partial charge in [0, 0.05) is 19.5 Å². The maximum Gasteiger partial charge on any atom is 0.0449 e. The number of thiophene rings is 2. The van der Waals surface area contributed by atoms with Crippen molar-refractivity contribution in [2.24, 2.45) is 0 Å². The molecule has 0 saturated heterocycles. The summed E-state index contributed by atoms with van der Waals surface area (Å²) in [6, 6.07) is 73.3. The maximum atomic E-state index is 4.22. The van der Waals surface area contributed by atoms with E-state index in [0.717, 1.165) is 5.56 Å². The van der Waals surface area contributed by atoms with Crippen LogP contribution < -0.4 is 0 Å². The van der Waals surface area contributed by atoms with E-state index < -0.39 is 0 Å². The van der Waals surface area contributed by atoms with Crippen molar-refractivity contribution in [3.63, 3.8) is 0 Å². The van der Waals surface area contributed by atoms with E-state index in [1.54, 1.807) is 5.41 Å². The molecule has 8 aromatic carbocycles. The number of allylic oxidation sites excluding steroid dienone is 2. The Morgan fingerprint density at radius 2 is 0.763 bits per heavy atom. The summed E-state index contributed by atoms with van der Waals surface area (Å²) in [5.41, 5.74) is 13.3. The fraction of sp³-hybridized carbons (Fsp3) is 0. The summed E-state index contributed by atoms with van der Waals surface area (Å²) in [7, 11) is 0. The molecule has 10 rings (SSSR count). The lowest BCUT2D eigenvalue weighted by atomic mass is 9.79. The number of hydrogen-bond acceptors (Lipinski definition) is 3. The molecule has 3 heteroatoms. The molecule has 0 bridgehead atoms. The van der Waals surface area contributed by atoms with E-state index in [9.17, 15) is 0 Å². The summed E-state index contributed by atoms with van der Waals surface area (Å²) >= 11 is 7.94. The number of fused-ring (bicyclic) bond motifs is 2. The summed E-state index contributed by atoms with van der Waals surface area (Å²) < 4.78 is 0. The molecule has 0 radical (unpaired) electrons. The molecule has 10 aromatic rings.